The van der Waals surface area contributed by atoms with Crippen LogP contribution in [0.5, 0.6) is 0 Å². The number of nitrogen functional groups attached to an aromatic ring is 1. The Morgan fingerprint density at radius 2 is 2.31 bits per heavy atom. The van der Waals surface area contributed by atoms with Crippen molar-refractivity contribution in [1.29, 1.82) is 0 Å². The molecule has 0 atom stereocenters. The van der Waals surface area contributed by atoms with Gasteiger partial charge >= 0.3 is 0 Å². The summed E-state index contributed by atoms with van der Waals surface area (Å²) >= 11 is 5.55. The van der Waals surface area contributed by atoms with Crippen molar-refractivity contribution in [3.05, 3.63) is 16.7 Å². The van der Waals surface area contributed by atoms with E-state index < -0.39 is 0 Å². The number of anilines is 2. The van der Waals surface area contributed by atoms with E-state index in [-0.39, 0.29) is 0 Å². The molecule has 88 valence electrons. The first kappa shape index (κ1) is 12.0. The van der Waals surface area contributed by atoms with Gasteiger partial charge in [-0.15, -0.1) is 0 Å². The molecule has 0 spiro atoms. The molecule has 1 aliphatic rings. The van der Waals surface area contributed by atoms with E-state index in [1.54, 1.807) is 6.20 Å². The lowest BCUT2D eigenvalue weighted by atomic mass is 10.2. The Balaban J connectivity index is 2.23. The first-order valence-electron chi connectivity index (χ1n) is 5.28. The predicted octanol–water partition coefficient (Wildman–Crippen LogP) is 2.76. The molecule has 1 aliphatic heterocycles. The maximum absolute atomic E-state index is 5.70. The topological polar surface area (TPSA) is 42.2 Å². The van der Waals surface area contributed by atoms with Gasteiger partial charge in [0.2, 0.25) is 0 Å². The lowest BCUT2D eigenvalue weighted by Crippen LogP contribution is -2.43. The van der Waals surface area contributed by atoms with Gasteiger partial charge in [-0.3, -0.25) is 0 Å². The Bertz CT molecular complexity index is 395. The SMILES string of the molecule is CC1(C)CN(c2ncc(N)cc2Br)CCS1. The highest BCUT2D eigenvalue weighted by Gasteiger charge is 2.28. The number of aromatic nitrogens is 1. The highest BCUT2D eigenvalue weighted by atomic mass is 79.9. The quantitative estimate of drug-likeness (QED) is 0.866. The van der Waals surface area contributed by atoms with Crippen LogP contribution in [0.25, 0.3) is 0 Å². The zero-order chi connectivity index (χ0) is 11.8. The number of rotatable bonds is 1. The molecule has 1 fully saturated rings. The first-order chi connectivity index (χ1) is 7.48. The molecule has 0 saturated carbocycles. The van der Waals surface area contributed by atoms with Crippen molar-refractivity contribution in [2.45, 2.75) is 18.6 Å². The number of halogens is 1. The third-order valence-corrected chi connectivity index (χ3v) is 4.45. The molecule has 1 aromatic heterocycles. The monoisotopic (exact) mass is 301 g/mol. The van der Waals surface area contributed by atoms with Gasteiger partial charge in [-0.2, -0.15) is 11.8 Å². The molecule has 0 aliphatic carbocycles. The molecular weight excluding hydrogens is 286 g/mol. The summed E-state index contributed by atoms with van der Waals surface area (Å²) < 4.78 is 1.27. The van der Waals surface area contributed by atoms with Crippen molar-refractivity contribution in [3.8, 4) is 0 Å². The Kier molecular flexibility index (Phi) is 3.35. The number of nitrogens with two attached hydrogens (primary N) is 1. The van der Waals surface area contributed by atoms with Gasteiger partial charge in [0.05, 0.1) is 16.4 Å². The third-order valence-electron chi connectivity index (χ3n) is 2.57. The van der Waals surface area contributed by atoms with Crippen molar-refractivity contribution in [1.82, 2.24) is 4.98 Å². The largest absolute Gasteiger partial charge is 0.397 e. The van der Waals surface area contributed by atoms with E-state index in [2.05, 4.69) is 39.7 Å². The van der Waals surface area contributed by atoms with Crippen LogP contribution in [0.15, 0.2) is 16.7 Å². The van der Waals surface area contributed by atoms with Gasteiger partial charge in [0.25, 0.3) is 0 Å². The maximum Gasteiger partial charge on any atom is 0.143 e. The summed E-state index contributed by atoms with van der Waals surface area (Å²) in [6.07, 6.45) is 1.72. The van der Waals surface area contributed by atoms with Crippen molar-refractivity contribution < 1.29 is 0 Å². The molecule has 0 bridgehead atoms. The van der Waals surface area contributed by atoms with E-state index in [0.29, 0.717) is 10.4 Å². The number of hydrogen-bond donors (Lipinski definition) is 1. The van der Waals surface area contributed by atoms with Gasteiger partial charge in [-0.25, -0.2) is 4.98 Å². The van der Waals surface area contributed by atoms with Gasteiger partial charge in [0.1, 0.15) is 5.82 Å². The predicted molar refractivity (Wildman–Crippen MR) is 75.1 cm³/mol. The summed E-state index contributed by atoms with van der Waals surface area (Å²) in [6, 6.07) is 1.91. The average Bonchev–Trinajstić information content (AvgIpc) is 2.15. The molecule has 5 heteroatoms. The number of hydrogen-bond acceptors (Lipinski definition) is 4. The van der Waals surface area contributed by atoms with Gasteiger partial charge in [0, 0.05) is 23.6 Å². The van der Waals surface area contributed by atoms with E-state index in [1.165, 1.54) is 0 Å². The Labute approximate surface area is 109 Å². The van der Waals surface area contributed by atoms with Crippen LogP contribution in [0.2, 0.25) is 0 Å². The number of pyridine rings is 1. The molecule has 2 rings (SSSR count). The van der Waals surface area contributed by atoms with E-state index in [9.17, 15) is 0 Å². The molecule has 0 aromatic carbocycles. The Hall–Kier alpha value is -0.420. The van der Waals surface area contributed by atoms with E-state index >= 15 is 0 Å². The molecule has 3 nitrogen and oxygen atoms in total. The minimum absolute atomic E-state index is 0.292. The minimum atomic E-state index is 0.292. The van der Waals surface area contributed by atoms with E-state index in [1.807, 2.05) is 17.8 Å². The molecule has 0 unspecified atom stereocenters. The van der Waals surface area contributed by atoms with Crippen LogP contribution in [0, 0.1) is 0 Å². The molecule has 1 saturated heterocycles. The fraction of sp³-hybridized carbons (Fsp3) is 0.545. The molecule has 2 N–H and O–H groups in total. The molecule has 2 heterocycles. The van der Waals surface area contributed by atoms with Crippen molar-refractivity contribution in [2.24, 2.45) is 0 Å². The summed E-state index contributed by atoms with van der Waals surface area (Å²) in [5, 5.41) is 0. The number of nitrogens with zero attached hydrogens (tertiary/aromatic N) is 2. The van der Waals surface area contributed by atoms with Crippen LogP contribution in [0.3, 0.4) is 0 Å². The first-order valence-corrected chi connectivity index (χ1v) is 7.06. The lowest BCUT2D eigenvalue weighted by molar-refractivity contribution is 0.641. The smallest absolute Gasteiger partial charge is 0.143 e. The number of thioether (sulfide) groups is 1. The normalized spacial score (nSPS) is 19.8. The highest BCUT2D eigenvalue weighted by Crippen LogP contribution is 2.34. The van der Waals surface area contributed by atoms with E-state index in [4.69, 9.17) is 5.73 Å². The van der Waals surface area contributed by atoms with Crippen molar-refractivity contribution >= 4 is 39.2 Å². The molecule has 0 amide bonds. The fourth-order valence-corrected chi connectivity index (χ4v) is 3.60. The second-order valence-corrected chi connectivity index (χ2v) is 7.26. The van der Waals surface area contributed by atoms with Gasteiger partial charge in [0.15, 0.2) is 0 Å². The van der Waals surface area contributed by atoms with Crippen LogP contribution in [0.4, 0.5) is 11.5 Å². The van der Waals surface area contributed by atoms with Crippen LogP contribution in [-0.4, -0.2) is 28.6 Å². The Morgan fingerprint density at radius 1 is 1.56 bits per heavy atom. The summed E-state index contributed by atoms with van der Waals surface area (Å²) in [6.45, 7) is 6.61. The average molecular weight is 302 g/mol. The van der Waals surface area contributed by atoms with Gasteiger partial charge in [-0.05, 0) is 35.8 Å². The van der Waals surface area contributed by atoms with Crippen molar-refractivity contribution in [3.63, 3.8) is 0 Å². The standard InChI is InChI=1S/C11H16BrN3S/c1-11(2)7-15(3-4-16-11)10-9(12)5-8(13)6-14-10/h5-6H,3-4,7,13H2,1-2H3. The third kappa shape index (κ3) is 2.63. The van der Waals surface area contributed by atoms with Gasteiger partial charge < -0.3 is 10.6 Å². The van der Waals surface area contributed by atoms with Crippen LogP contribution >= 0.6 is 27.7 Å². The maximum atomic E-state index is 5.70. The summed E-state index contributed by atoms with van der Waals surface area (Å²) in [5.74, 6) is 2.15. The zero-order valence-corrected chi connectivity index (χ0v) is 11.9. The fourth-order valence-electron chi connectivity index (χ4n) is 1.88. The Morgan fingerprint density at radius 3 is 2.94 bits per heavy atom. The van der Waals surface area contributed by atoms with Crippen LogP contribution in [-0.2, 0) is 0 Å². The molecule has 1 aromatic rings. The summed E-state index contributed by atoms with van der Waals surface area (Å²) in [4.78, 5) is 6.73. The lowest BCUT2D eigenvalue weighted by Gasteiger charge is -2.38. The van der Waals surface area contributed by atoms with E-state index in [0.717, 1.165) is 29.1 Å². The summed E-state index contributed by atoms with van der Waals surface area (Å²) in [5.41, 5.74) is 6.39. The van der Waals surface area contributed by atoms with Crippen LogP contribution in [0.1, 0.15) is 13.8 Å². The molecule has 16 heavy (non-hydrogen) atoms. The van der Waals surface area contributed by atoms with Gasteiger partial charge in [-0.1, -0.05) is 0 Å². The molecule has 0 radical (unpaired) electrons. The second kappa shape index (κ2) is 4.45. The zero-order valence-electron chi connectivity index (χ0n) is 9.53. The summed E-state index contributed by atoms with van der Waals surface area (Å²) in [7, 11) is 0. The highest BCUT2D eigenvalue weighted by molar-refractivity contribution is 9.10. The second-order valence-electron chi connectivity index (χ2n) is 4.60. The minimum Gasteiger partial charge on any atom is -0.397 e. The molecular formula is C11H16BrN3S. The van der Waals surface area contributed by atoms with Crippen LogP contribution < -0.4 is 10.6 Å². The van der Waals surface area contributed by atoms with Crippen molar-refractivity contribution in [2.75, 3.05) is 29.5 Å².